The number of hydrogen-bond donors (Lipinski definition) is 2. The number of ether oxygens (including phenoxy) is 2. The molecular formula is C24H21ClN4O3. The maximum Gasteiger partial charge on any atom is 0.255 e. The number of carbonyl (C=O) groups excluding carboxylic acids is 1. The van der Waals surface area contributed by atoms with E-state index < -0.39 is 0 Å². The van der Waals surface area contributed by atoms with Gasteiger partial charge < -0.3 is 14.8 Å². The number of methoxy groups -OCH3 is 1. The number of nitrogens with zero attached hydrogens (tertiary/aromatic N) is 2. The van der Waals surface area contributed by atoms with Crippen molar-refractivity contribution in [3.05, 3.63) is 77.3 Å². The normalized spacial score (nSPS) is 10.6. The summed E-state index contributed by atoms with van der Waals surface area (Å²) in [6.45, 7) is 2.27. The summed E-state index contributed by atoms with van der Waals surface area (Å²) in [5, 5.41) is 10.5. The number of hydrogen-bond acceptors (Lipinski definition) is 5. The van der Waals surface area contributed by atoms with E-state index in [0.717, 1.165) is 5.56 Å². The van der Waals surface area contributed by atoms with E-state index in [9.17, 15) is 4.79 Å². The van der Waals surface area contributed by atoms with Crippen LogP contribution in [-0.4, -0.2) is 34.8 Å². The lowest BCUT2D eigenvalue weighted by atomic mass is 10.1. The van der Waals surface area contributed by atoms with E-state index in [1.807, 2.05) is 55.5 Å². The summed E-state index contributed by atoms with van der Waals surface area (Å²) < 4.78 is 10.9. The zero-order chi connectivity index (χ0) is 22.5. The van der Waals surface area contributed by atoms with Crippen molar-refractivity contribution in [1.82, 2.24) is 15.2 Å². The Labute approximate surface area is 190 Å². The molecule has 0 fully saturated rings. The number of amides is 1. The molecule has 0 aliphatic heterocycles. The molecule has 1 amide bonds. The number of anilines is 1. The molecule has 0 saturated heterocycles. The highest BCUT2D eigenvalue weighted by Gasteiger charge is 2.18. The smallest absolute Gasteiger partial charge is 0.255 e. The zero-order valence-corrected chi connectivity index (χ0v) is 18.3. The van der Waals surface area contributed by atoms with Crippen molar-refractivity contribution in [3.8, 4) is 34.3 Å². The summed E-state index contributed by atoms with van der Waals surface area (Å²) in [5.41, 5.74) is 2.53. The highest BCUT2D eigenvalue weighted by Crippen LogP contribution is 2.37. The van der Waals surface area contributed by atoms with Crippen LogP contribution in [0, 0.1) is 0 Å². The summed E-state index contributed by atoms with van der Waals surface area (Å²) in [6, 6.07) is 20.2. The van der Waals surface area contributed by atoms with Gasteiger partial charge in [0.2, 0.25) is 0 Å². The summed E-state index contributed by atoms with van der Waals surface area (Å²) in [5.74, 6) is 1.57. The summed E-state index contributed by atoms with van der Waals surface area (Å²) in [6.07, 6.45) is 0. The monoisotopic (exact) mass is 448 g/mol. The number of carbonyl (C=O) groups is 1. The van der Waals surface area contributed by atoms with Gasteiger partial charge in [0.25, 0.3) is 5.91 Å². The van der Waals surface area contributed by atoms with E-state index in [1.54, 1.807) is 18.2 Å². The highest BCUT2D eigenvalue weighted by molar-refractivity contribution is 6.32. The van der Waals surface area contributed by atoms with Crippen molar-refractivity contribution in [1.29, 1.82) is 0 Å². The van der Waals surface area contributed by atoms with E-state index in [-0.39, 0.29) is 5.91 Å². The number of aromatic amines is 1. The number of H-pyrrole nitrogens is 1. The molecular weight excluding hydrogens is 428 g/mol. The Kier molecular flexibility index (Phi) is 6.37. The molecule has 8 heteroatoms. The molecule has 0 spiro atoms. The van der Waals surface area contributed by atoms with Gasteiger partial charge in [0.15, 0.2) is 23.1 Å². The van der Waals surface area contributed by atoms with Crippen LogP contribution >= 0.6 is 11.6 Å². The van der Waals surface area contributed by atoms with Crippen LogP contribution in [0.1, 0.15) is 17.3 Å². The Morgan fingerprint density at radius 3 is 2.59 bits per heavy atom. The number of halogens is 1. The fourth-order valence-electron chi connectivity index (χ4n) is 3.23. The maximum absolute atomic E-state index is 13.0. The molecule has 7 nitrogen and oxygen atoms in total. The van der Waals surface area contributed by atoms with Gasteiger partial charge in [-0.1, -0.05) is 54.1 Å². The van der Waals surface area contributed by atoms with Crippen molar-refractivity contribution >= 4 is 23.2 Å². The van der Waals surface area contributed by atoms with Crippen LogP contribution < -0.4 is 14.8 Å². The quantitative estimate of drug-likeness (QED) is 0.392. The first-order valence-electron chi connectivity index (χ1n) is 9.99. The summed E-state index contributed by atoms with van der Waals surface area (Å²) >= 11 is 6.32. The van der Waals surface area contributed by atoms with Gasteiger partial charge in [-0.25, -0.2) is 4.98 Å². The maximum atomic E-state index is 13.0. The largest absolute Gasteiger partial charge is 0.493 e. The van der Waals surface area contributed by atoms with Crippen LogP contribution in [0.5, 0.6) is 11.5 Å². The van der Waals surface area contributed by atoms with Gasteiger partial charge in [-0.15, -0.1) is 0 Å². The fourth-order valence-corrected chi connectivity index (χ4v) is 3.49. The third-order valence-electron chi connectivity index (χ3n) is 4.73. The van der Waals surface area contributed by atoms with Crippen LogP contribution in [0.2, 0.25) is 5.02 Å². The zero-order valence-electron chi connectivity index (χ0n) is 17.6. The van der Waals surface area contributed by atoms with Crippen LogP contribution in [-0.2, 0) is 0 Å². The molecule has 0 aliphatic carbocycles. The molecule has 162 valence electrons. The van der Waals surface area contributed by atoms with E-state index in [0.29, 0.717) is 51.6 Å². The minimum atomic E-state index is -0.344. The number of benzene rings is 3. The molecule has 0 bridgehead atoms. The first-order chi connectivity index (χ1) is 15.6. The lowest BCUT2D eigenvalue weighted by Crippen LogP contribution is -2.13. The molecule has 0 aliphatic rings. The Hall–Kier alpha value is -3.84. The first kappa shape index (κ1) is 21.4. The minimum absolute atomic E-state index is 0.298. The van der Waals surface area contributed by atoms with Gasteiger partial charge in [0.1, 0.15) is 0 Å². The van der Waals surface area contributed by atoms with Crippen molar-refractivity contribution in [2.45, 2.75) is 6.92 Å². The second kappa shape index (κ2) is 9.53. The topological polar surface area (TPSA) is 89.1 Å². The molecule has 32 heavy (non-hydrogen) atoms. The Balaban J connectivity index is 1.62. The lowest BCUT2D eigenvalue weighted by Gasteiger charge is -2.14. The van der Waals surface area contributed by atoms with Crippen molar-refractivity contribution in [2.24, 2.45) is 0 Å². The van der Waals surface area contributed by atoms with Gasteiger partial charge in [0, 0.05) is 16.7 Å². The summed E-state index contributed by atoms with van der Waals surface area (Å²) in [4.78, 5) is 17.6. The molecule has 0 unspecified atom stereocenters. The molecule has 4 rings (SSSR count). The van der Waals surface area contributed by atoms with Gasteiger partial charge in [-0.3, -0.25) is 9.89 Å². The standard InChI is InChI=1S/C24H21ClN4O3/c1-3-32-21-18(25)13-16(14-20(21)31-2)24(30)26-19-12-8-7-11-17(19)23-27-22(28-29-23)15-9-5-4-6-10-15/h4-14H,3H2,1-2H3,(H,26,30)(H,27,28,29). The Morgan fingerprint density at radius 2 is 1.84 bits per heavy atom. The number of nitrogens with one attached hydrogen (secondary N) is 2. The van der Waals surface area contributed by atoms with Gasteiger partial charge >= 0.3 is 0 Å². The van der Waals surface area contributed by atoms with E-state index >= 15 is 0 Å². The van der Waals surface area contributed by atoms with E-state index in [1.165, 1.54) is 7.11 Å². The lowest BCUT2D eigenvalue weighted by molar-refractivity contribution is 0.102. The predicted molar refractivity (Wildman–Crippen MR) is 124 cm³/mol. The molecule has 1 heterocycles. The third-order valence-corrected chi connectivity index (χ3v) is 5.01. The predicted octanol–water partition coefficient (Wildman–Crippen LogP) is 5.45. The van der Waals surface area contributed by atoms with Crippen molar-refractivity contribution in [3.63, 3.8) is 0 Å². The first-order valence-corrected chi connectivity index (χ1v) is 10.4. The molecule has 4 aromatic rings. The second-order valence-corrected chi connectivity index (χ2v) is 7.20. The average Bonchev–Trinajstić information content (AvgIpc) is 3.31. The number of rotatable bonds is 7. The average molecular weight is 449 g/mol. The van der Waals surface area contributed by atoms with Crippen LogP contribution in [0.4, 0.5) is 5.69 Å². The van der Waals surface area contributed by atoms with E-state index in [4.69, 9.17) is 21.1 Å². The Bertz CT molecular complexity index is 1240. The third kappa shape index (κ3) is 4.43. The number of para-hydroxylation sites is 1. The van der Waals surface area contributed by atoms with Gasteiger partial charge in [0.05, 0.1) is 24.4 Å². The molecule has 0 radical (unpaired) electrons. The molecule has 0 saturated carbocycles. The van der Waals surface area contributed by atoms with Crippen molar-refractivity contribution < 1.29 is 14.3 Å². The minimum Gasteiger partial charge on any atom is -0.493 e. The van der Waals surface area contributed by atoms with Crippen LogP contribution in [0.15, 0.2) is 66.7 Å². The molecule has 3 aromatic carbocycles. The van der Waals surface area contributed by atoms with Gasteiger partial charge in [-0.2, -0.15) is 5.10 Å². The Morgan fingerprint density at radius 1 is 1.09 bits per heavy atom. The fraction of sp³-hybridized carbons (Fsp3) is 0.125. The summed E-state index contributed by atoms with van der Waals surface area (Å²) in [7, 11) is 1.50. The molecule has 2 N–H and O–H groups in total. The highest BCUT2D eigenvalue weighted by atomic mass is 35.5. The number of aromatic nitrogens is 3. The SMILES string of the molecule is CCOc1c(Cl)cc(C(=O)Nc2ccccc2-c2nc(-c3ccccc3)n[nH]2)cc1OC. The van der Waals surface area contributed by atoms with Gasteiger partial charge in [-0.05, 0) is 31.2 Å². The second-order valence-electron chi connectivity index (χ2n) is 6.80. The molecule has 1 aromatic heterocycles. The van der Waals surface area contributed by atoms with Crippen molar-refractivity contribution in [2.75, 3.05) is 19.0 Å². The van der Waals surface area contributed by atoms with Crippen LogP contribution in [0.25, 0.3) is 22.8 Å². The molecule has 0 atom stereocenters. The van der Waals surface area contributed by atoms with Crippen LogP contribution in [0.3, 0.4) is 0 Å². The van der Waals surface area contributed by atoms with E-state index in [2.05, 4.69) is 20.5 Å².